The molecule has 0 unspecified atom stereocenters. The van der Waals surface area contributed by atoms with Crippen LogP contribution in [0.4, 0.5) is 22.2 Å². The number of anilines is 3. The van der Waals surface area contributed by atoms with Gasteiger partial charge in [-0.3, -0.25) is 25.3 Å². The number of H-pyrrole nitrogens is 1. The molecule has 14 heteroatoms. The number of rotatable bonds is 8. The molecule has 0 fully saturated rings. The molecule has 2 aromatic heterocycles. The normalized spacial score (nSPS) is 10.6. The van der Waals surface area contributed by atoms with Crippen LogP contribution in [0.5, 0.6) is 11.6 Å². The van der Waals surface area contributed by atoms with Crippen molar-refractivity contribution in [2.45, 2.75) is 6.92 Å². The van der Waals surface area contributed by atoms with E-state index in [2.05, 4.69) is 31.0 Å². The Hall–Kier alpha value is -4.39. The SMILES string of the molecule is COCC(=O)Nc1nccc(Oc2ccc(NC(=O)Nc3cc(=O)[nH]n3-c3ccc(C)cc3)c(Cl)c2Cl)n1. The lowest BCUT2D eigenvalue weighted by atomic mass is 10.2. The zero-order chi connectivity index (χ0) is 27.2. The van der Waals surface area contributed by atoms with E-state index in [1.165, 1.54) is 42.3 Å². The van der Waals surface area contributed by atoms with E-state index in [0.717, 1.165) is 5.56 Å². The summed E-state index contributed by atoms with van der Waals surface area (Å²) >= 11 is 12.7. The van der Waals surface area contributed by atoms with Gasteiger partial charge in [0.05, 0.1) is 16.4 Å². The molecule has 4 aromatic rings. The summed E-state index contributed by atoms with van der Waals surface area (Å²) in [6.07, 6.45) is 1.39. The first-order chi connectivity index (χ1) is 18.2. The zero-order valence-electron chi connectivity index (χ0n) is 20.0. The average Bonchev–Trinajstić information content (AvgIpc) is 3.24. The van der Waals surface area contributed by atoms with Crippen molar-refractivity contribution in [2.75, 3.05) is 29.7 Å². The smallest absolute Gasteiger partial charge is 0.324 e. The number of benzene rings is 2. The quantitative estimate of drug-likeness (QED) is 0.247. The monoisotopic (exact) mass is 557 g/mol. The number of nitrogens with one attached hydrogen (secondary N) is 4. The Morgan fingerprint density at radius 2 is 1.79 bits per heavy atom. The summed E-state index contributed by atoms with van der Waals surface area (Å²) in [6, 6.07) is 12.4. The second-order valence-electron chi connectivity index (χ2n) is 7.80. The number of ether oxygens (including phenoxy) is 2. The van der Waals surface area contributed by atoms with Gasteiger partial charge in [0.15, 0.2) is 0 Å². The lowest BCUT2D eigenvalue weighted by molar-refractivity contribution is -0.119. The van der Waals surface area contributed by atoms with Gasteiger partial charge in [-0.25, -0.2) is 14.5 Å². The molecule has 2 heterocycles. The van der Waals surface area contributed by atoms with Crippen LogP contribution in [0.2, 0.25) is 10.0 Å². The van der Waals surface area contributed by atoms with Crippen molar-refractivity contribution in [3.05, 3.63) is 80.7 Å². The van der Waals surface area contributed by atoms with Gasteiger partial charge in [0.25, 0.3) is 11.5 Å². The van der Waals surface area contributed by atoms with E-state index in [4.69, 9.17) is 32.7 Å². The lowest BCUT2D eigenvalue weighted by Gasteiger charge is -2.14. The van der Waals surface area contributed by atoms with Gasteiger partial charge in [0.1, 0.15) is 23.2 Å². The molecule has 4 rings (SSSR count). The van der Waals surface area contributed by atoms with Crippen LogP contribution in [-0.2, 0) is 9.53 Å². The van der Waals surface area contributed by atoms with E-state index in [-0.39, 0.29) is 45.7 Å². The topological polar surface area (TPSA) is 152 Å². The van der Waals surface area contributed by atoms with Crippen molar-refractivity contribution in [2.24, 2.45) is 0 Å². The molecule has 0 saturated heterocycles. The molecule has 0 bridgehead atoms. The third-order valence-electron chi connectivity index (χ3n) is 4.93. The van der Waals surface area contributed by atoms with Crippen molar-refractivity contribution < 1.29 is 19.1 Å². The largest absolute Gasteiger partial charge is 0.437 e. The average molecular weight is 558 g/mol. The summed E-state index contributed by atoms with van der Waals surface area (Å²) < 4.78 is 11.9. The molecule has 0 spiro atoms. The summed E-state index contributed by atoms with van der Waals surface area (Å²) in [5, 5.41) is 10.3. The molecule has 0 atom stereocenters. The van der Waals surface area contributed by atoms with E-state index in [1.54, 1.807) is 12.1 Å². The first-order valence-electron chi connectivity index (χ1n) is 11.0. The van der Waals surface area contributed by atoms with E-state index in [1.807, 2.05) is 19.1 Å². The van der Waals surface area contributed by atoms with E-state index in [9.17, 15) is 14.4 Å². The van der Waals surface area contributed by atoms with Crippen LogP contribution >= 0.6 is 23.2 Å². The van der Waals surface area contributed by atoms with Crippen LogP contribution in [0.3, 0.4) is 0 Å². The predicted molar refractivity (Wildman–Crippen MR) is 143 cm³/mol. The van der Waals surface area contributed by atoms with Crippen LogP contribution in [0.15, 0.2) is 59.5 Å². The number of urea groups is 1. The first kappa shape index (κ1) is 26.7. The molecule has 196 valence electrons. The Balaban J connectivity index is 1.46. The summed E-state index contributed by atoms with van der Waals surface area (Å²) in [5.41, 5.74) is 1.50. The van der Waals surface area contributed by atoms with Crippen molar-refractivity contribution in [3.8, 4) is 17.3 Å². The summed E-state index contributed by atoms with van der Waals surface area (Å²) in [7, 11) is 1.39. The minimum Gasteiger partial charge on any atom is -0.437 e. The first-order valence-corrected chi connectivity index (χ1v) is 11.7. The minimum atomic E-state index is -0.663. The molecule has 0 aliphatic heterocycles. The number of aromatic amines is 1. The van der Waals surface area contributed by atoms with E-state index < -0.39 is 17.5 Å². The second kappa shape index (κ2) is 11.8. The number of aryl methyl sites for hydroxylation is 1. The van der Waals surface area contributed by atoms with Crippen molar-refractivity contribution >= 4 is 52.6 Å². The van der Waals surface area contributed by atoms with Crippen molar-refractivity contribution in [1.82, 2.24) is 19.7 Å². The molecule has 0 aliphatic carbocycles. The number of halogens is 2. The van der Waals surface area contributed by atoms with Gasteiger partial charge >= 0.3 is 6.03 Å². The number of amides is 3. The minimum absolute atomic E-state index is 0.00579. The van der Waals surface area contributed by atoms with Crippen LogP contribution in [0, 0.1) is 6.92 Å². The summed E-state index contributed by atoms with van der Waals surface area (Å²) in [6.45, 7) is 1.78. The highest BCUT2D eigenvalue weighted by Gasteiger charge is 2.16. The molecule has 38 heavy (non-hydrogen) atoms. The maximum absolute atomic E-state index is 12.7. The van der Waals surface area contributed by atoms with Gasteiger partial charge in [-0.1, -0.05) is 40.9 Å². The Labute approximate surface area is 225 Å². The third-order valence-corrected chi connectivity index (χ3v) is 5.80. The van der Waals surface area contributed by atoms with Crippen LogP contribution < -0.4 is 26.2 Å². The maximum atomic E-state index is 12.7. The van der Waals surface area contributed by atoms with Gasteiger partial charge in [-0.05, 0) is 31.2 Å². The molecule has 4 N–H and O–H groups in total. The predicted octanol–water partition coefficient (Wildman–Crippen LogP) is 4.59. The number of nitrogens with zero attached hydrogens (tertiary/aromatic N) is 3. The fourth-order valence-electron chi connectivity index (χ4n) is 3.22. The number of methoxy groups -OCH3 is 1. The van der Waals surface area contributed by atoms with Gasteiger partial charge in [-0.2, -0.15) is 4.98 Å². The fourth-order valence-corrected chi connectivity index (χ4v) is 3.63. The van der Waals surface area contributed by atoms with Gasteiger partial charge in [0, 0.05) is 25.4 Å². The Kier molecular flexibility index (Phi) is 8.26. The molecule has 0 aliphatic rings. The number of hydrogen-bond acceptors (Lipinski definition) is 7. The highest BCUT2D eigenvalue weighted by atomic mass is 35.5. The number of aromatic nitrogens is 4. The van der Waals surface area contributed by atoms with Crippen LogP contribution in [0.1, 0.15) is 5.56 Å². The van der Waals surface area contributed by atoms with Gasteiger partial charge in [0.2, 0.25) is 11.8 Å². The lowest BCUT2D eigenvalue weighted by Crippen LogP contribution is -2.21. The number of hydrogen-bond donors (Lipinski definition) is 4. The fraction of sp³-hybridized carbons (Fsp3) is 0.125. The van der Waals surface area contributed by atoms with Crippen molar-refractivity contribution in [3.63, 3.8) is 0 Å². The Morgan fingerprint density at radius 3 is 2.53 bits per heavy atom. The Bertz CT molecular complexity index is 1540. The molecular formula is C24H21Cl2N7O5. The van der Waals surface area contributed by atoms with Crippen LogP contribution in [-0.4, -0.2) is 45.4 Å². The van der Waals surface area contributed by atoms with Gasteiger partial charge < -0.3 is 14.8 Å². The zero-order valence-corrected chi connectivity index (χ0v) is 21.6. The Morgan fingerprint density at radius 1 is 1.03 bits per heavy atom. The van der Waals surface area contributed by atoms with Crippen LogP contribution in [0.25, 0.3) is 5.69 Å². The molecule has 12 nitrogen and oxygen atoms in total. The summed E-state index contributed by atoms with van der Waals surface area (Å²) in [5.74, 6) is 0.0289. The molecular weight excluding hydrogens is 537 g/mol. The number of carbonyl (C=O) groups is 2. The number of carbonyl (C=O) groups excluding carboxylic acids is 2. The molecule has 0 radical (unpaired) electrons. The standard InChI is InChI=1S/C24H21Cl2N7O5/c1-13-3-5-14(6-4-13)33-17(11-18(34)32-33)29-24(36)28-15-7-8-16(22(26)21(15)25)38-20-9-10-27-23(31-20)30-19(35)12-37-2/h3-11H,12H2,1-2H3,(H,32,34)(H2,28,29,36)(H,27,30,31,35). The third kappa shape index (κ3) is 6.48. The second-order valence-corrected chi connectivity index (χ2v) is 8.55. The highest BCUT2D eigenvalue weighted by Crippen LogP contribution is 2.39. The summed E-state index contributed by atoms with van der Waals surface area (Å²) in [4.78, 5) is 44.3. The maximum Gasteiger partial charge on any atom is 0.324 e. The van der Waals surface area contributed by atoms with E-state index in [0.29, 0.717) is 5.69 Å². The molecule has 3 amide bonds. The van der Waals surface area contributed by atoms with Crippen molar-refractivity contribution in [1.29, 1.82) is 0 Å². The van der Waals surface area contributed by atoms with Gasteiger partial charge in [-0.15, -0.1) is 0 Å². The molecule has 2 aromatic carbocycles. The molecule has 0 saturated carbocycles. The highest BCUT2D eigenvalue weighted by molar-refractivity contribution is 6.45. The van der Waals surface area contributed by atoms with E-state index >= 15 is 0 Å².